The summed E-state index contributed by atoms with van der Waals surface area (Å²) >= 11 is 1.01. The Bertz CT molecular complexity index is 500. The Labute approximate surface area is 113 Å². The Kier molecular flexibility index (Phi) is 5.24. The van der Waals surface area contributed by atoms with Gasteiger partial charge in [0.15, 0.2) is 10.8 Å². The van der Waals surface area contributed by atoms with Crippen LogP contribution in [0.15, 0.2) is 0 Å². The number of nitrogens with two attached hydrogens (primary N) is 1. The number of nitrogens with one attached hydrogen (secondary N) is 2. The molecule has 1 aromatic rings. The molecular weight excluding hydrogens is 272 g/mol. The molecule has 0 fully saturated rings. The predicted molar refractivity (Wildman–Crippen MR) is 70.1 cm³/mol. The van der Waals surface area contributed by atoms with Crippen molar-refractivity contribution in [1.82, 2.24) is 4.98 Å². The van der Waals surface area contributed by atoms with Crippen LogP contribution in [-0.4, -0.2) is 35.9 Å². The zero-order chi connectivity index (χ0) is 14.4. The number of rotatable bonds is 5. The normalized spacial score (nSPS) is 9.79. The van der Waals surface area contributed by atoms with Gasteiger partial charge >= 0.3 is 11.9 Å². The number of amides is 2. The molecule has 0 saturated heterocycles. The lowest BCUT2D eigenvalue weighted by Crippen LogP contribution is -2.26. The van der Waals surface area contributed by atoms with Crippen LogP contribution < -0.4 is 16.4 Å². The molecule has 2 amide bonds. The summed E-state index contributed by atoms with van der Waals surface area (Å²) in [7, 11) is 0. The van der Waals surface area contributed by atoms with Crippen molar-refractivity contribution in [3.8, 4) is 0 Å². The number of carbonyl (C=O) groups is 3. The maximum Gasteiger partial charge on any atom is 0.397 e. The number of nitrogens with zero attached hydrogens (tertiary/aromatic N) is 1. The predicted octanol–water partition coefficient (Wildman–Crippen LogP) is 0.175. The Morgan fingerprint density at radius 2 is 2.05 bits per heavy atom. The van der Waals surface area contributed by atoms with Gasteiger partial charge in [0.25, 0.3) is 5.91 Å². The summed E-state index contributed by atoms with van der Waals surface area (Å²) in [6.45, 7) is 4.11. The fourth-order valence-electron chi connectivity index (χ4n) is 1.15. The van der Waals surface area contributed by atoms with Gasteiger partial charge in [-0.1, -0.05) is 11.3 Å². The minimum Gasteiger partial charge on any atom is -0.459 e. The van der Waals surface area contributed by atoms with Gasteiger partial charge in [0.05, 0.1) is 6.61 Å². The van der Waals surface area contributed by atoms with Crippen molar-refractivity contribution in [2.24, 2.45) is 5.73 Å². The Morgan fingerprint density at radius 1 is 1.37 bits per heavy atom. The van der Waals surface area contributed by atoms with Crippen molar-refractivity contribution in [3.63, 3.8) is 0 Å². The molecule has 0 aliphatic carbocycles. The number of hydrogen-bond acceptors (Lipinski definition) is 7. The van der Waals surface area contributed by atoms with E-state index >= 15 is 0 Å². The van der Waals surface area contributed by atoms with E-state index < -0.39 is 17.8 Å². The number of hydrogen-bond donors (Lipinski definition) is 3. The van der Waals surface area contributed by atoms with Crippen LogP contribution in [-0.2, 0) is 14.3 Å². The molecule has 8 nitrogen and oxygen atoms in total. The smallest absolute Gasteiger partial charge is 0.397 e. The Morgan fingerprint density at radius 3 is 2.58 bits per heavy atom. The van der Waals surface area contributed by atoms with Crippen LogP contribution in [0.25, 0.3) is 0 Å². The van der Waals surface area contributed by atoms with Crippen LogP contribution in [0.3, 0.4) is 0 Å². The highest BCUT2D eigenvalue weighted by Gasteiger charge is 2.21. The summed E-state index contributed by atoms with van der Waals surface area (Å²) in [5, 5.41) is 5.68. The van der Waals surface area contributed by atoms with Gasteiger partial charge in [0.2, 0.25) is 0 Å². The average Bonchev–Trinajstić information content (AvgIpc) is 2.73. The van der Waals surface area contributed by atoms with Crippen LogP contribution in [0, 0.1) is 0 Å². The second-order valence-electron chi connectivity index (χ2n) is 3.27. The molecule has 0 bridgehead atoms. The molecule has 0 aromatic carbocycles. The highest BCUT2D eigenvalue weighted by molar-refractivity contribution is 7.20. The lowest BCUT2D eigenvalue weighted by atomic mass is 10.4. The second kappa shape index (κ2) is 6.69. The van der Waals surface area contributed by atoms with E-state index in [-0.39, 0.29) is 17.3 Å². The van der Waals surface area contributed by atoms with Crippen molar-refractivity contribution in [1.29, 1.82) is 0 Å². The molecule has 0 spiro atoms. The van der Waals surface area contributed by atoms with Crippen molar-refractivity contribution in [3.05, 3.63) is 5.69 Å². The molecule has 0 unspecified atom stereocenters. The second-order valence-corrected chi connectivity index (χ2v) is 4.26. The minimum absolute atomic E-state index is 0.0836. The van der Waals surface area contributed by atoms with Crippen LogP contribution in [0.2, 0.25) is 0 Å². The topological polar surface area (TPSA) is 123 Å². The lowest BCUT2D eigenvalue weighted by molar-refractivity contribution is -0.152. The van der Waals surface area contributed by atoms with Gasteiger partial charge in [0, 0.05) is 6.54 Å². The number of esters is 1. The van der Waals surface area contributed by atoms with Crippen molar-refractivity contribution < 1.29 is 19.1 Å². The molecule has 0 aliphatic rings. The third kappa shape index (κ3) is 3.91. The average molecular weight is 286 g/mol. The first kappa shape index (κ1) is 14.9. The van der Waals surface area contributed by atoms with Crippen molar-refractivity contribution in [2.75, 3.05) is 23.8 Å². The van der Waals surface area contributed by atoms with Crippen LogP contribution >= 0.6 is 11.3 Å². The molecule has 0 saturated carbocycles. The molecule has 9 heteroatoms. The first-order chi connectivity index (χ1) is 8.99. The fourth-order valence-corrected chi connectivity index (χ4v) is 2.08. The van der Waals surface area contributed by atoms with Crippen LogP contribution in [0.1, 0.15) is 24.3 Å². The number of ether oxygens (including phenoxy) is 1. The zero-order valence-corrected chi connectivity index (χ0v) is 11.3. The molecule has 0 aliphatic heterocycles. The maximum absolute atomic E-state index is 11.5. The van der Waals surface area contributed by atoms with Crippen molar-refractivity contribution >= 4 is 39.3 Å². The van der Waals surface area contributed by atoms with E-state index in [2.05, 4.69) is 20.4 Å². The first-order valence-corrected chi connectivity index (χ1v) is 6.33. The summed E-state index contributed by atoms with van der Waals surface area (Å²) < 4.78 is 4.53. The van der Waals surface area contributed by atoms with E-state index in [4.69, 9.17) is 5.73 Å². The quantitative estimate of drug-likeness (QED) is 0.524. The van der Waals surface area contributed by atoms with Gasteiger partial charge in [-0.2, -0.15) is 0 Å². The molecule has 0 radical (unpaired) electrons. The molecule has 4 N–H and O–H groups in total. The van der Waals surface area contributed by atoms with E-state index in [9.17, 15) is 14.4 Å². The fraction of sp³-hybridized carbons (Fsp3) is 0.400. The Balaban J connectivity index is 2.89. The molecule has 1 aromatic heterocycles. The maximum atomic E-state index is 11.5. The minimum atomic E-state index is -1.03. The zero-order valence-electron chi connectivity index (χ0n) is 10.5. The third-order valence-corrected chi connectivity index (χ3v) is 2.80. The summed E-state index contributed by atoms with van der Waals surface area (Å²) in [6, 6.07) is 0. The highest BCUT2D eigenvalue weighted by Crippen LogP contribution is 2.28. The molecule has 19 heavy (non-hydrogen) atoms. The molecule has 0 atom stereocenters. The number of primary amides is 1. The largest absolute Gasteiger partial charge is 0.459 e. The lowest BCUT2D eigenvalue weighted by Gasteiger charge is -2.02. The van der Waals surface area contributed by atoms with Crippen LogP contribution in [0.4, 0.5) is 10.1 Å². The van der Waals surface area contributed by atoms with E-state index in [0.717, 1.165) is 11.3 Å². The monoisotopic (exact) mass is 286 g/mol. The third-order valence-electron chi connectivity index (χ3n) is 1.88. The van der Waals surface area contributed by atoms with Gasteiger partial charge in [-0.15, -0.1) is 0 Å². The van der Waals surface area contributed by atoms with E-state index in [1.807, 2.05) is 6.92 Å². The van der Waals surface area contributed by atoms with Crippen LogP contribution in [0.5, 0.6) is 0 Å². The SMILES string of the molecule is CCNc1nc(C(N)=O)c(NC(=O)C(=O)OCC)s1. The molecule has 1 heterocycles. The molecular formula is C10H14N4O4S. The van der Waals surface area contributed by atoms with E-state index in [1.54, 1.807) is 6.92 Å². The Hall–Kier alpha value is -2.16. The number of carbonyl (C=O) groups excluding carboxylic acids is 3. The van der Waals surface area contributed by atoms with E-state index in [0.29, 0.717) is 11.7 Å². The summed E-state index contributed by atoms with van der Waals surface area (Å²) in [5.74, 6) is -2.80. The molecule has 1 rings (SSSR count). The van der Waals surface area contributed by atoms with E-state index in [1.165, 1.54) is 0 Å². The van der Waals surface area contributed by atoms with Gasteiger partial charge in [-0.25, -0.2) is 9.78 Å². The standard InChI is InChI=1S/C10H14N4O4S/c1-3-12-10-13-5(6(11)15)8(19-10)14-7(16)9(17)18-4-2/h3-4H2,1-2H3,(H2,11,15)(H,12,13)(H,14,16). The summed E-state index contributed by atoms with van der Waals surface area (Å²) in [4.78, 5) is 37.8. The number of thiazole rings is 1. The van der Waals surface area contributed by atoms with Gasteiger partial charge in [0.1, 0.15) is 5.00 Å². The highest BCUT2D eigenvalue weighted by atomic mass is 32.1. The first-order valence-electron chi connectivity index (χ1n) is 5.52. The number of aromatic nitrogens is 1. The molecule has 104 valence electrons. The number of anilines is 2. The van der Waals surface area contributed by atoms with Gasteiger partial charge in [-0.3, -0.25) is 9.59 Å². The summed E-state index contributed by atoms with van der Waals surface area (Å²) in [5.41, 5.74) is 5.05. The summed E-state index contributed by atoms with van der Waals surface area (Å²) in [6.07, 6.45) is 0. The van der Waals surface area contributed by atoms with Crippen molar-refractivity contribution in [2.45, 2.75) is 13.8 Å². The van der Waals surface area contributed by atoms with Gasteiger partial charge < -0.3 is 21.1 Å². The van der Waals surface area contributed by atoms with Gasteiger partial charge in [-0.05, 0) is 13.8 Å².